The van der Waals surface area contributed by atoms with Crippen LogP contribution < -0.4 is 14.8 Å². The van der Waals surface area contributed by atoms with Crippen molar-refractivity contribution in [3.05, 3.63) is 23.8 Å². The largest absolute Gasteiger partial charge is 0.493 e. The standard InChI is InChI=1S/C17H27NO2/c1-13(2)18-12-14-8-7-11-16(19-3)17(14)20-15-9-5-4-6-10-15/h7-8,11,13,15,18H,4-6,9-10,12H2,1-3H3. The van der Waals surface area contributed by atoms with Crippen LogP contribution in [-0.2, 0) is 6.54 Å². The minimum absolute atomic E-state index is 0.345. The van der Waals surface area contributed by atoms with Crippen molar-refractivity contribution in [3.8, 4) is 11.5 Å². The van der Waals surface area contributed by atoms with Crippen molar-refractivity contribution in [2.24, 2.45) is 0 Å². The highest BCUT2D eigenvalue weighted by atomic mass is 16.5. The lowest BCUT2D eigenvalue weighted by Crippen LogP contribution is -2.24. The zero-order chi connectivity index (χ0) is 14.4. The second kappa shape index (κ2) is 7.53. The zero-order valence-electron chi connectivity index (χ0n) is 12.9. The molecular weight excluding hydrogens is 250 g/mol. The molecule has 20 heavy (non-hydrogen) atoms. The third-order valence-electron chi connectivity index (χ3n) is 3.82. The Labute approximate surface area is 122 Å². The number of ether oxygens (including phenoxy) is 2. The van der Waals surface area contributed by atoms with Gasteiger partial charge in [0, 0.05) is 18.2 Å². The molecule has 1 fully saturated rings. The Hall–Kier alpha value is -1.22. The Balaban J connectivity index is 2.13. The first-order valence-electron chi connectivity index (χ1n) is 7.76. The third-order valence-corrected chi connectivity index (χ3v) is 3.82. The smallest absolute Gasteiger partial charge is 0.166 e. The van der Waals surface area contributed by atoms with Gasteiger partial charge < -0.3 is 14.8 Å². The van der Waals surface area contributed by atoms with Crippen LogP contribution >= 0.6 is 0 Å². The quantitative estimate of drug-likeness (QED) is 0.855. The van der Waals surface area contributed by atoms with Crippen molar-refractivity contribution >= 4 is 0 Å². The maximum atomic E-state index is 6.28. The number of rotatable bonds is 6. The van der Waals surface area contributed by atoms with E-state index in [1.54, 1.807) is 7.11 Å². The maximum Gasteiger partial charge on any atom is 0.166 e. The molecule has 1 N–H and O–H groups in total. The summed E-state index contributed by atoms with van der Waals surface area (Å²) < 4.78 is 11.8. The molecule has 1 saturated carbocycles. The average molecular weight is 277 g/mol. The van der Waals surface area contributed by atoms with E-state index in [9.17, 15) is 0 Å². The predicted octanol–water partition coefficient (Wildman–Crippen LogP) is 3.90. The lowest BCUT2D eigenvalue weighted by atomic mass is 9.97. The van der Waals surface area contributed by atoms with Gasteiger partial charge in [-0.25, -0.2) is 0 Å². The second-order valence-electron chi connectivity index (χ2n) is 5.86. The Morgan fingerprint density at radius 1 is 1.20 bits per heavy atom. The van der Waals surface area contributed by atoms with Gasteiger partial charge >= 0.3 is 0 Å². The Morgan fingerprint density at radius 3 is 2.60 bits per heavy atom. The Bertz CT molecular complexity index is 411. The van der Waals surface area contributed by atoms with Crippen molar-refractivity contribution in [1.82, 2.24) is 5.32 Å². The third kappa shape index (κ3) is 4.14. The highest BCUT2D eigenvalue weighted by Crippen LogP contribution is 2.34. The molecule has 0 atom stereocenters. The first-order chi connectivity index (χ1) is 9.70. The molecule has 3 heteroatoms. The van der Waals surface area contributed by atoms with Crippen LogP contribution in [0.15, 0.2) is 18.2 Å². The normalized spacial score (nSPS) is 16.4. The molecule has 0 radical (unpaired) electrons. The highest BCUT2D eigenvalue weighted by Gasteiger charge is 2.19. The van der Waals surface area contributed by atoms with Gasteiger partial charge in [-0.1, -0.05) is 32.4 Å². The summed E-state index contributed by atoms with van der Waals surface area (Å²) in [4.78, 5) is 0. The van der Waals surface area contributed by atoms with Crippen LogP contribution in [0.1, 0.15) is 51.5 Å². The molecule has 1 aliphatic carbocycles. The molecule has 0 spiro atoms. The maximum absolute atomic E-state index is 6.28. The highest BCUT2D eigenvalue weighted by molar-refractivity contribution is 5.46. The van der Waals surface area contributed by atoms with Crippen LogP contribution in [0.3, 0.4) is 0 Å². The number of hydrogen-bond donors (Lipinski definition) is 1. The Kier molecular flexibility index (Phi) is 5.72. The van der Waals surface area contributed by atoms with E-state index in [1.165, 1.54) is 24.8 Å². The van der Waals surface area contributed by atoms with Gasteiger partial charge in [0.05, 0.1) is 13.2 Å². The lowest BCUT2D eigenvalue weighted by Gasteiger charge is -2.25. The van der Waals surface area contributed by atoms with E-state index in [0.717, 1.165) is 30.9 Å². The summed E-state index contributed by atoms with van der Waals surface area (Å²) in [5.41, 5.74) is 1.18. The SMILES string of the molecule is COc1cccc(CNC(C)C)c1OC1CCCCC1. The summed E-state index contributed by atoms with van der Waals surface area (Å²) in [5, 5.41) is 3.46. The fraction of sp³-hybridized carbons (Fsp3) is 0.647. The van der Waals surface area contributed by atoms with Crippen LogP contribution in [0.4, 0.5) is 0 Å². The Morgan fingerprint density at radius 2 is 1.95 bits per heavy atom. The molecule has 0 bridgehead atoms. The van der Waals surface area contributed by atoms with Gasteiger partial charge in [-0.2, -0.15) is 0 Å². The van der Waals surface area contributed by atoms with E-state index in [2.05, 4.69) is 25.2 Å². The van der Waals surface area contributed by atoms with Crippen LogP contribution in [0.2, 0.25) is 0 Å². The molecule has 0 amide bonds. The molecule has 1 aromatic rings. The van der Waals surface area contributed by atoms with Crippen LogP contribution in [-0.4, -0.2) is 19.3 Å². The van der Waals surface area contributed by atoms with Crippen molar-refractivity contribution < 1.29 is 9.47 Å². The van der Waals surface area contributed by atoms with Crippen LogP contribution in [0.5, 0.6) is 11.5 Å². The van der Waals surface area contributed by atoms with E-state index in [0.29, 0.717) is 12.1 Å². The van der Waals surface area contributed by atoms with Gasteiger partial charge in [-0.3, -0.25) is 0 Å². The van der Waals surface area contributed by atoms with Gasteiger partial charge in [0.1, 0.15) is 0 Å². The van der Waals surface area contributed by atoms with Crippen molar-refractivity contribution in [1.29, 1.82) is 0 Å². The first kappa shape index (κ1) is 15.2. The van der Waals surface area contributed by atoms with Crippen molar-refractivity contribution in [2.75, 3.05) is 7.11 Å². The molecule has 0 heterocycles. The van der Waals surface area contributed by atoms with E-state index >= 15 is 0 Å². The molecule has 0 aromatic heterocycles. The van der Waals surface area contributed by atoms with Crippen LogP contribution in [0, 0.1) is 0 Å². The van der Waals surface area contributed by atoms with E-state index < -0.39 is 0 Å². The van der Waals surface area contributed by atoms with Gasteiger partial charge in [0.2, 0.25) is 0 Å². The van der Waals surface area contributed by atoms with Crippen LogP contribution in [0.25, 0.3) is 0 Å². The molecule has 0 unspecified atom stereocenters. The molecule has 112 valence electrons. The van der Waals surface area contributed by atoms with E-state index in [4.69, 9.17) is 9.47 Å². The van der Waals surface area contributed by atoms with Gasteiger partial charge in [-0.15, -0.1) is 0 Å². The van der Waals surface area contributed by atoms with Crippen molar-refractivity contribution in [2.45, 2.75) is 64.6 Å². The fourth-order valence-corrected chi connectivity index (χ4v) is 2.66. The average Bonchev–Trinajstić information content (AvgIpc) is 2.47. The molecule has 1 aliphatic rings. The van der Waals surface area contributed by atoms with Gasteiger partial charge in [-0.05, 0) is 31.7 Å². The van der Waals surface area contributed by atoms with Crippen molar-refractivity contribution in [3.63, 3.8) is 0 Å². The van der Waals surface area contributed by atoms with Gasteiger partial charge in [0.25, 0.3) is 0 Å². The molecule has 0 aliphatic heterocycles. The summed E-state index contributed by atoms with van der Waals surface area (Å²) in [5.74, 6) is 1.77. The first-order valence-corrected chi connectivity index (χ1v) is 7.76. The van der Waals surface area contributed by atoms with E-state index in [1.807, 2.05) is 12.1 Å². The monoisotopic (exact) mass is 277 g/mol. The second-order valence-corrected chi connectivity index (χ2v) is 5.86. The number of nitrogens with one attached hydrogen (secondary N) is 1. The summed E-state index contributed by atoms with van der Waals surface area (Å²) in [6.45, 7) is 5.13. The number of hydrogen-bond acceptors (Lipinski definition) is 3. The lowest BCUT2D eigenvalue weighted by molar-refractivity contribution is 0.148. The minimum Gasteiger partial charge on any atom is -0.493 e. The topological polar surface area (TPSA) is 30.5 Å². The molecule has 0 saturated heterocycles. The molecule has 1 aromatic carbocycles. The zero-order valence-corrected chi connectivity index (χ0v) is 12.9. The van der Waals surface area contributed by atoms with E-state index in [-0.39, 0.29) is 0 Å². The summed E-state index contributed by atoms with van der Waals surface area (Å²) >= 11 is 0. The number of para-hydroxylation sites is 1. The summed E-state index contributed by atoms with van der Waals surface area (Å²) in [6, 6.07) is 6.60. The number of methoxy groups -OCH3 is 1. The van der Waals surface area contributed by atoms with Gasteiger partial charge in [0.15, 0.2) is 11.5 Å². The predicted molar refractivity (Wildman–Crippen MR) is 82.5 cm³/mol. The summed E-state index contributed by atoms with van der Waals surface area (Å²) in [7, 11) is 1.71. The fourth-order valence-electron chi connectivity index (χ4n) is 2.66. The number of benzene rings is 1. The molecule has 3 nitrogen and oxygen atoms in total. The molecule has 2 rings (SSSR count). The molecular formula is C17H27NO2. The summed E-state index contributed by atoms with van der Waals surface area (Å²) in [6.07, 6.45) is 6.56. The minimum atomic E-state index is 0.345.